The van der Waals surface area contributed by atoms with E-state index in [-0.39, 0.29) is 19.1 Å². The number of thiazole rings is 1. The molecular weight excluding hydrogens is 404 g/mol. The van der Waals surface area contributed by atoms with Crippen LogP contribution in [0.5, 0.6) is 11.5 Å². The zero-order valence-electron chi connectivity index (χ0n) is 17.2. The highest BCUT2D eigenvalue weighted by molar-refractivity contribution is 7.16. The van der Waals surface area contributed by atoms with Crippen molar-refractivity contribution < 1.29 is 23.8 Å². The van der Waals surface area contributed by atoms with Crippen molar-refractivity contribution >= 4 is 33.4 Å². The zero-order chi connectivity index (χ0) is 21.5. The molecule has 0 saturated carbocycles. The van der Waals surface area contributed by atoms with Gasteiger partial charge < -0.3 is 18.8 Å². The number of amides is 1. The van der Waals surface area contributed by atoms with Gasteiger partial charge in [0.15, 0.2) is 11.4 Å². The minimum absolute atomic E-state index is 0.0111. The van der Waals surface area contributed by atoms with Crippen LogP contribution in [0.3, 0.4) is 0 Å². The van der Waals surface area contributed by atoms with Gasteiger partial charge in [-0.15, -0.1) is 0 Å². The second kappa shape index (κ2) is 10.1. The number of carbonyl (C=O) groups excluding carboxylic acids is 2. The summed E-state index contributed by atoms with van der Waals surface area (Å²) < 4.78 is 18.6. The van der Waals surface area contributed by atoms with Gasteiger partial charge in [-0.05, 0) is 62.7 Å². The summed E-state index contributed by atoms with van der Waals surface area (Å²) in [7, 11) is 0. The maximum atomic E-state index is 12.4. The second-order valence-electron chi connectivity index (χ2n) is 6.45. The van der Waals surface area contributed by atoms with Crippen LogP contribution < -0.4 is 14.3 Å². The van der Waals surface area contributed by atoms with E-state index in [1.165, 1.54) is 11.3 Å². The Balaban J connectivity index is 1.81. The van der Waals surface area contributed by atoms with Gasteiger partial charge in [-0.1, -0.05) is 17.4 Å². The highest BCUT2D eigenvalue weighted by atomic mass is 32.1. The van der Waals surface area contributed by atoms with E-state index in [2.05, 4.69) is 4.99 Å². The van der Waals surface area contributed by atoms with E-state index in [4.69, 9.17) is 14.2 Å². The number of benzene rings is 2. The molecule has 1 aromatic heterocycles. The molecule has 0 spiro atoms. The van der Waals surface area contributed by atoms with Crippen LogP contribution in [0.25, 0.3) is 10.2 Å². The smallest absolute Gasteiger partial charge is 0.326 e. The molecule has 1 amide bonds. The van der Waals surface area contributed by atoms with E-state index >= 15 is 0 Å². The van der Waals surface area contributed by atoms with Gasteiger partial charge in [0.2, 0.25) is 0 Å². The van der Waals surface area contributed by atoms with Gasteiger partial charge in [0.25, 0.3) is 5.91 Å². The molecule has 0 radical (unpaired) electrons. The number of rotatable bonds is 8. The van der Waals surface area contributed by atoms with Gasteiger partial charge in [-0.25, -0.2) is 0 Å². The lowest BCUT2D eigenvalue weighted by atomic mass is 10.2. The minimum atomic E-state index is -0.440. The van der Waals surface area contributed by atoms with Gasteiger partial charge >= 0.3 is 5.97 Å². The zero-order valence-corrected chi connectivity index (χ0v) is 18.0. The fourth-order valence-electron chi connectivity index (χ4n) is 2.84. The number of hydrogen-bond acceptors (Lipinski definition) is 6. The first kappa shape index (κ1) is 21.6. The quantitative estimate of drug-likeness (QED) is 0.513. The van der Waals surface area contributed by atoms with Crippen LogP contribution in [0.15, 0.2) is 47.5 Å². The van der Waals surface area contributed by atoms with E-state index in [1.54, 1.807) is 35.8 Å². The topological polar surface area (TPSA) is 79.1 Å². The molecule has 1 heterocycles. The molecule has 0 aliphatic rings. The number of nitrogens with zero attached hydrogens (tertiary/aromatic N) is 2. The van der Waals surface area contributed by atoms with E-state index in [1.807, 2.05) is 32.0 Å². The number of esters is 1. The van der Waals surface area contributed by atoms with Crippen LogP contribution in [-0.2, 0) is 20.9 Å². The molecule has 2 aromatic carbocycles. The molecule has 3 rings (SSSR count). The minimum Gasteiger partial charge on any atom is -0.494 e. The van der Waals surface area contributed by atoms with Crippen molar-refractivity contribution in [3.63, 3.8) is 0 Å². The van der Waals surface area contributed by atoms with E-state index in [0.29, 0.717) is 23.8 Å². The summed E-state index contributed by atoms with van der Waals surface area (Å²) in [6.07, 6.45) is 0. The van der Waals surface area contributed by atoms with E-state index < -0.39 is 5.91 Å². The van der Waals surface area contributed by atoms with E-state index in [0.717, 1.165) is 21.5 Å². The number of aryl methyl sites for hydroxylation is 1. The van der Waals surface area contributed by atoms with Crippen molar-refractivity contribution in [3.05, 3.63) is 52.8 Å². The lowest BCUT2D eigenvalue weighted by Gasteiger charge is -2.06. The van der Waals surface area contributed by atoms with Crippen LogP contribution in [0, 0.1) is 6.92 Å². The Hall–Kier alpha value is -3.13. The molecule has 0 saturated heterocycles. The Bertz CT molecular complexity index is 1100. The van der Waals surface area contributed by atoms with Crippen LogP contribution in [0.4, 0.5) is 0 Å². The summed E-state index contributed by atoms with van der Waals surface area (Å²) in [5, 5.41) is 0. The Morgan fingerprint density at radius 3 is 2.37 bits per heavy atom. The van der Waals surface area contributed by atoms with Gasteiger partial charge in [-0.3, -0.25) is 9.59 Å². The van der Waals surface area contributed by atoms with Crippen molar-refractivity contribution in [2.24, 2.45) is 4.99 Å². The monoisotopic (exact) mass is 428 g/mol. The molecule has 0 atom stereocenters. The molecule has 0 fully saturated rings. The predicted molar refractivity (Wildman–Crippen MR) is 115 cm³/mol. The lowest BCUT2D eigenvalue weighted by Crippen LogP contribution is -2.24. The predicted octanol–water partition coefficient (Wildman–Crippen LogP) is 3.48. The summed E-state index contributed by atoms with van der Waals surface area (Å²) in [6.45, 7) is 6.31. The molecule has 0 unspecified atom stereocenters. The Labute approximate surface area is 178 Å². The third-order valence-corrected chi connectivity index (χ3v) is 5.19. The molecule has 8 heteroatoms. The van der Waals surface area contributed by atoms with Crippen molar-refractivity contribution in [3.8, 4) is 11.5 Å². The highest BCUT2D eigenvalue weighted by Gasteiger charge is 2.12. The summed E-state index contributed by atoms with van der Waals surface area (Å²) >= 11 is 1.35. The standard InChI is InChI=1S/C22H24N2O5S/c1-4-27-16-7-9-17(10-8-16)29-14-20(25)23-22-24(13-21(26)28-5-2)18-11-6-15(3)12-19(18)30-22/h6-12H,4-5,13-14H2,1-3H3. The number of aromatic nitrogens is 1. The maximum absolute atomic E-state index is 12.4. The van der Waals surface area contributed by atoms with Crippen LogP contribution in [-0.4, -0.2) is 36.3 Å². The fourth-order valence-corrected chi connectivity index (χ4v) is 3.98. The normalized spacial score (nSPS) is 11.5. The van der Waals surface area contributed by atoms with Crippen molar-refractivity contribution in [2.75, 3.05) is 19.8 Å². The Morgan fingerprint density at radius 2 is 1.70 bits per heavy atom. The number of fused-ring (bicyclic) bond motifs is 1. The maximum Gasteiger partial charge on any atom is 0.326 e. The molecule has 0 N–H and O–H groups in total. The molecule has 7 nitrogen and oxygen atoms in total. The molecule has 30 heavy (non-hydrogen) atoms. The largest absolute Gasteiger partial charge is 0.494 e. The first-order valence-corrected chi connectivity index (χ1v) is 10.5. The third-order valence-electron chi connectivity index (χ3n) is 4.15. The van der Waals surface area contributed by atoms with Crippen molar-refractivity contribution in [1.82, 2.24) is 4.57 Å². The SMILES string of the molecule is CCOC(=O)Cn1c(=NC(=O)COc2ccc(OCC)cc2)sc2cc(C)ccc21. The average Bonchev–Trinajstić information content (AvgIpc) is 3.03. The third kappa shape index (κ3) is 5.48. The van der Waals surface area contributed by atoms with Gasteiger partial charge in [0, 0.05) is 0 Å². The summed E-state index contributed by atoms with van der Waals surface area (Å²) in [6, 6.07) is 12.9. The highest BCUT2D eigenvalue weighted by Crippen LogP contribution is 2.19. The Morgan fingerprint density at radius 1 is 1.00 bits per heavy atom. The first-order valence-electron chi connectivity index (χ1n) is 9.69. The van der Waals surface area contributed by atoms with Gasteiger partial charge in [0.1, 0.15) is 18.0 Å². The first-order chi connectivity index (χ1) is 14.5. The second-order valence-corrected chi connectivity index (χ2v) is 7.45. The summed E-state index contributed by atoms with van der Waals surface area (Å²) in [5.74, 6) is 0.469. The molecular formula is C22H24N2O5S. The average molecular weight is 429 g/mol. The van der Waals surface area contributed by atoms with Gasteiger partial charge in [-0.2, -0.15) is 4.99 Å². The van der Waals surface area contributed by atoms with Crippen molar-refractivity contribution in [1.29, 1.82) is 0 Å². The van der Waals surface area contributed by atoms with E-state index in [9.17, 15) is 9.59 Å². The fraction of sp³-hybridized carbons (Fsp3) is 0.318. The van der Waals surface area contributed by atoms with Crippen LogP contribution >= 0.6 is 11.3 Å². The molecule has 158 valence electrons. The number of hydrogen-bond donors (Lipinski definition) is 0. The molecule has 0 bridgehead atoms. The number of ether oxygens (including phenoxy) is 3. The summed E-state index contributed by atoms with van der Waals surface area (Å²) in [5.41, 5.74) is 1.92. The van der Waals surface area contributed by atoms with Gasteiger partial charge in [0.05, 0.1) is 23.4 Å². The summed E-state index contributed by atoms with van der Waals surface area (Å²) in [4.78, 5) is 29.1. The molecule has 3 aromatic rings. The lowest BCUT2D eigenvalue weighted by molar-refractivity contribution is -0.143. The van der Waals surface area contributed by atoms with Crippen molar-refractivity contribution in [2.45, 2.75) is 27.3 Å². The number of carbonyl (C=O) groups is 2. The Kier molecular flexibility index (Phi) is 7.24. The molecule has 0 aliphatic heterocycles. The van der Waals surface area contributed by atoms with Crippen LogP contribution in [0.1, 0.15) is 19.4 Å². The molecule has 0 aliphatic carbocycles. The van der Waals surface area contributed by atoms with Crippen LogP contribution in [0.2, 0.25) is 0 Å².